The third-order valence-electron chi connectivity index (χ3n) is 6.74. The Morgan fingerprint density at radius 3 is 1.85 bits per heavy atom. The van der Waals surface area contributed by atoms with E-state index < -0.39 is 35.6 Å². The second-order valence-electron chi connectivity index (χ2n) is 10.3. The second kappa shape index (κ2) is 15.6. The van der Waals surface area contributed by atoms with Crippen LogP contribution in [0.2, 0.25) is 0 Å². The number of benzene rings is 2. The minimum Gasteiger partial charge on any atom is -0.465 e. The van der Waals surface area contributed by atoms with Gasteiger partial charge < -0.3 is 25.6 Å². The lowest BCUT2D eigenvalue weighted by Gasteiger charge is -2.40. The lowest BCUT2D eigenvalue weighted by atomic mass is 9.80. The van der Waals surface area contributed by atoms with Crippen LogP contribution in [0, 0.1) is 11.8 Å². The van der Waals surface area contributed by atoms with Crippen LogP contribution in [0.1, 0.15) is 38.3 Å². The Hall–Kier alpha value is -3.76. The third-order valence-corrected chi connectivity index (χ3v) is 6.74. The van der Waals surface area contributed by atoms with E-state index in [0.717, 1.165) is 17.4 Å². The molecular formula is C29H40N4O6. The quantitative estimate of drug-likeness (QED) is 0.177. The summed E-state index contributed by atoms with van der Waals surface area (Å²) in [6.07, 6.45) is -0.367. The molecule has 39 heavy (non-hydrogen) atoms. The number of hydrogen-bond donors (Lipinski definition) is 6. The van der Waals surface area contributed by atoms with Crippen LogP contribution in [-0.4, -0.2) is 65.3 Å². The fourth-order valence-electron chi connectivity index (χ4n) is 4.65. The van der Waals surface area contributed by atoms with Crippen molar-refractivity contribution in [2.24, 2.45) is 11.8 Å². The first-order valence-corrected chi connectivity index (χ1v) is 13.1. The molecule has 1 unspecified atom stereocenters. The molecule has 0 aliphatic rings. The average molecular weight is 541 g/mol. The summed E-state index contributed by atoms with van der Waals surface area (Å²) in [5.41, 5.74) is 1.24. The number of aldehydes is 1. The van der Waals surface area contributed by atoms with Crippen molar-refractivity contribution in [1.29, 1.82) is 0 Å². The van der Waals surface area contributed by atoms with E-state index in [9.17, 15) is 24.3 Å². The van der Waals surface area contributed by atoms with Crippen molar-refractivity contribution < 1.29 is 29.4 Å². The molecule has 0 aliphatic heterocycles. The molecule has 2 aromatic carbocycles. The molecule has 212 valence electrons. The maximum absolute atomic E-state index is 13.1. The van der Waals surface area contributed by atoms with Gasteiger partial charge in [-0.2, -0.15) is 0 Å². The highest BCUT2D eigenvalue weighted by atomic mass is 16.4. The van der Waals surface area contributed by atoms with E-state index in [1.54, 1.807) is 6.92 Å². The van der Waals surface area contributed by atoms with Crippen LogP contribution in [0.4, 0.5) is 9.59 Å². The van der Waals surface area contributed by atoms with Crippen LogP contribution in [0.15, 0.2) is 60.7 Å². The number of carboxylic acid groups (broad SMARTS) is 2. The topological polar surface area (TPSA) is 157 Å². The summed E-state index contributed by atoms with van der Waals surface area (Å²) in [6, 6.07) is 18.1. The molecule has 0 saturated heterocycles. The van der Waals surface area contributed by atoms with Gasteiger partial charge in [0.05, 0.1) is 12.1 Å². The molecule has 0 fully saturated rings. The molecule has 2 rings (SSSR count). The fourth-order valence-corrected chi connectivity index (χ4v) is 4.65. The first-order valence-electron chi connectivity index (χ1n) is 13.1. The molecule has 6 N–H and O–H groups in total. The highest BCUT2D eigenvalue weighted by Gasteiger charge is 2.38. The zero-order chi connectivity index (χ0) is 28.8. The van der Waals surface area contributed by atoms with Crippen molar-refractivity contribution in [3.8, 4) is 0 Å². The Labute approximate surface area is 229 Å². The van der Waals surface area contributed by atoms with E-state index in [1.165, 1.54) is 0 Å². The van der Waals surface area contributed by atoms with E-state index in [1.807, 2.05) is 79.8 Å². The monoisotopic (exact) mass is 540 g/mol. The maximum Gasteiger partial charge on any atom is 0.411 e. The molecule has 0 radical (unpaired) electrons. The smallest absolute Gasteiger partial charge is 0.411 e. The molecule has 0 aromatic heterocycles. The molecule has 10 nitrogen and oxygen atoms in total. The lowest BCUT2D eigenvalue weighted by Crippen LogP contribution is -2.62. The number of amides is 3. The van der Waals surface area contributed by atoms with Gasteiger partial charge in [0.25, 0.3) is 0 Å². The van der Waals surface area contributed by atoms with Crippen LogP contribution in [-0.2, 0) is 22.4 Å². The summed E-state index contributed by atoms with van der Waals surface area (Å²) in [4.78, 5) is 47.3. The number of imide groups is 1. The Morgan fingerprint density at radius 2 is 1.41 bits per heavy atom. The molecule has 0 spiro atoms. The van der Waals surface area contributed by atoms with Crippen molar-refractivity contribution in [2.75, 3.05) is 13.1 Å². The molecule has 0 bridgehead atoms. The van der Waals surface area contributed by atoms with Gasteiger partial charge in [-0.1, -0.05) is 81.4 Å². The van der Waals surface area contributed by atoms with E-state index in [-0.39, 0.29) is 18.5 Å². The van der Waals surface area contributed by atoms with Crippen LogP contribution in [0.25, 0.3) is 0 Å². The third kappa shape index (κ3) is 10.9. The Balaban J connectivity index is 2.53. The standard InChI is InChI=1S/C29H40N4O6/c1-20(2)24(19-34)30-15-14-29(16-22-10-6-4-7-11-22,17-23-12-8-5-9-13-23)33-25(26(35)32-28(38)39)21(3)18-31-27(36)37/h4-13,19-21,24-25,30-31,33H,14-18H2,1-3H3,(H,32,35)(H,36,37)(H,38,39)/t21?,24-,25+/m1/s1. The Kier molecular flexibility index (Phi) is 12.6. The van der Waals surface area contributed by atoms with Crippen molar-refractivity contribution in [2.45, 2.75) is 57.7 Å². The SMILES string of the molecule is CC(CNC(=O)O)[C@H](NC(CCN[C@H](C=O)C(C)C)(Cc1ccccc1)Cc1ccccc1)C(=O)NC(=O)O. The van der Waals surface area contributed by atoms with Gasteiger partial charge in [-0.25, -0.2) is 9.59 Å². The molecule has 2 aromatic rings. The molecule has 10 heteroatoms. The number of nitrogens with one attached hydrogen (secondary N) is 4. The van der Waals surface area contributed by atoms with Gasteiger partial charge in [-0.15, -0.1) is 0 Å². The lowest BCUT2D eigenvalue weighted by molar-refractivity contribution is -0.124. The zero-order valence-electron chi connectivity index (χ0n) is 22.7. The minimum absolute atomic E-state index is 0.0639. The van der Waals surface area contributed by atoms with E-state index in [4.69, 9.17) is 5.11 Å². The van der Waals surface area contributed by atoms with Gasteiger partial charge in [0.2, 0.25) is 5.91 Å². The molecular weight excluding hydrogens is 500 g/mol. The van der Waals surface area contributed by atoms with Crippen molar-refractivity contribution in [3.05, 3.63) is 71.8 Å². The molecule has 3 atom stereocenters. The van der Waals surface area contributed by atoms with Gasteiger partial charge in [-0.3, -0.25) is 15.4 Å². The number of rotatable bonds is 16. The Bertz CT molecular complexity index is 1020. The Morgan fingerprint density at radius 1 is 0.872 bits per heavy atom. The maximum atomic E-state index is 13.1. The first kappa shape index (κ1) is 31.5. The van der Waals surface area contributed by atoms with Crippen LogP contribution in [0.3, 0.4) is 0 Å². The molecule has 3 amide bonds. The zero-order valence-corrected chi connectivity index (χ0v) is 22.7. The highest BCUT2D eigenvalue weighted by Crippen LogP contribution is 2.26. The first-order chi connectivity index (χ1) is 18.5. The van der Waals surface area contributed by atoms with Crippen molar-refractivity contribution in [1.82, 2.24) is 21.3 Å². The van der Waals surface area contributed by atoms with E-state index in [2.05, 4.69) is 16.0 Å². The predicted molar refractivity (Wildman–Crippen MR) is 149 cm³/mol. The summed E-state index contributed by atoms with van der Waals surface area (Å²) < 4.78 is 0. The van der Waals surface area contributed by atoms with Gasteiger partial charge in [0, 0.05) is 12.1 Å². The summed E-state index contributed by atoms with van der Waals surface area (Å²) >= 11 is 0. The summed E-state index contributed by atoms with van der Waals surface area (Å²) in [6.45, 7) is 5.98. The molecule has 0 heterocycles. The predicted octanol–water partition coefficient (Wildman–Crippen LogP) is 3.07. The van der Waals surface area contributed by atoms with Crippen molar-refractivity contribution >= 4 is 24.4 Å². The number of carbonyl (C=O) groups excluding carboxylic acids is 2. The van der Waals surface area contributed by atoms with Gasteiger partial charge in [-0.05, 0) is 48.8 Å². The van der Waals surface area contributed by atoms with Gasteiger partial charge >= 0.3 is 12.2 Å². The van der Waals surface area contributed by atoms with Gasteiger partial charge in [0.15, 0.2) is 0 Å². The summed E-state index contributed by atoms with van der Waals surface area (Å²) in [5.74, 6) is -1.27. The highest BCUT2D eigenvalue weighted by molar-refractivity contribution is 5.94. The fraction of sp³-hybridized carbons (Fsp3) is 0.448. The van der Waals surface area contributed by atoms with Gasteiger partial charge in [0.1, 0.15) is 6.29 Å². The molecule has 0 saturated carbocycles. The van der Waals surface area contributed by atoms with E-state index in [0.29, 0.717) is 25.8 Å². The molecule has 0 aliphatic carbocycles. The van der Waals surface area contributed by atoms with Crippen LogP contribution in [0.5, 0.6) is 0 Å². The minimum atomic E-state index is -1.49. The van der Waals surface area contributed by atoms with Crippen LogP contribution >= 0.6 is 0 Å². The van der Waals surface area contributed by atoms with E-state index >= 15 is 0 Å². The average Bonchev–Trinajstić information content (AvgIpc) is 2.89. The largest absolute Gasteiger partial charge is 0.465 e. The summed E-state index contributed by atoms with van der Waals surface area (Å²) in [7, 11) is 0. The number of carbonyl (C=O) groups is 4. The summed E-state index contributed by atoms with van der Waals surface area (Å²) in [5, 5.41) is 29.4. The number of hydrogen-bond acceptors (Lipinski definition) is 6. The normalized spacial score (nSPS) is 13.7. The van der Waals surface area contributed by atoms with Crippen LogP contribution < -0.4 is 21.3 Å². The second-order valence-corrected chi connectivity index (χ2v) is 10.3. The van der Waals surface area contributed by atoms with Crippen molar-refractivity contribution in [3.63, 3.8) is 0 Å².